The number of carbonyl (C=O) groups is 2. The summed E-state index contributed by atoms with van der Waals surface area (Å²) in [6.07, 6.45) is 0.536. The molecule has 14 heavy (non-hydrogen) atoms. The molecular formula is C10H18N2O2. The van der Waals surface area contributed by atoms with Crippen LogP contribution >= 0.6 is 0 Å². The van der Waals surface area contributed by atoms with Crippen molar-refractivity contribution in [3.8, 4) is 0 Å². The Kier molecular flexibility index (Phi) is 3.26. The highest BCUT2D eigenvalue weighted by atomic mass is 16.2. The van der Waals surface area contributed by atoms with Gasteiger partial charge in [0.05, 0.1) is 12.1 Å². The fourth-order valence-electron chi connectivity index (χ4n) is 1.55. The molecule has 0 aliphatic carbocycles. The average molecular weight is 198 g/mol. The van der Waals surface area contributed by atoms with Gasteiger partial charge in [-0.15, -0.1) is 0 Å². The van der Waals surface area contributed by atoms with Gasteiger partial charge in [0, 0.05) is 19.5 Å². The SMILES string of the molecule is CCC(=O)CN1CCNC(=O)C1(C)C. The fourth-order valence-corrected chi connectivity index (χ4v) is 1.55. The van der Waals surface area contributed by atoms with Gasteiger partial charge in [-0.25, -0.2) is 0 Å². The number of carbonyl (C=O) groups excluding carboxylic acids is 2. The highest BCUT2D eigenvalue weighted by Gasteiger charge is 2.37. The van der Waals surface area contributed by atoms with Crippen molar-refractivity contribution in [3.63, 3.8) is 0 Å². The van der Waals surface area contributed by atoms with Crippen LogP contribution < -0.4 is 5.32 Å². The Hall–Kier alpha value is -0.900. The average Bonchev–Trinajstić information content (AvgIpc) is 2.13. The maximum absolute atomic E-state index is 11.5. The Bertz CT molecular complexity index is 249. The van der Waals surface area contributed by atoms with Gasteiger partial charge < -0.3 is 5.32 Å². The Balaban J connectivity index is 2.67. The number of ketones is 1. The van der Waals surface area contributed by atoms with Crippen molar-refractivity contribution in [1.82, 2.24) is 10.2 Å². The van der Waals surface area contributed by atoms with E-state index in [0.29, 0.717) is 19.5 Å². The molecule has 1 amide bonds. The molecule has 1 N–H and O–H groups in total. The minimum absolute atomic E-state index is 0.00709. The molecule has 0 aromatic carbocycles. The van der Waals surface area contributed by atoms with Gasteiger partial charge in [-0.1, -0.05) is 6.92 Å². The lowest BCUT2D eigenvalue weighted by Crippen LogP contribution is -2.62. The van der Waals surface area contributed by atoms with Gasteiger partial charge in [0.15, 0.2) is 0 Å². The second-order valence-corrected chi connectivity index (χ2v) is 4.13. The quantitative estimate of drug-likeness (QED) is 0.703. The van der Waals surface area contributed by atoms with Gasteiger partial charge >= 0.3 is 0 Å². The van der Waals surface area contributed by atoms with Crippen molar-refractivity contribution in [1.29, 1.82) is 0 Å². The molecule has 80 valence electrons. The first-order valence-corrected chi connectivity index (χ1v) is 5.03. The van der Waals surface area contributed by atoms with Gasteiger partial charge in [-0.05, 0) is 13.8 Å². The second kappa shape index (κ2) is 4.09. The van der Waals surface area contributed by atoms with Crippen LogP contribution in [0.3, 0.4) is 0 Å². The van der Waals surface area contributed by atoms with Crippen molar-refractivity contribution in [2.45, 2.75) is 32.7 Å². The molecule has 0 spiro atoms. The third-order valence-corrected chi connectivity index (χ3v) is 2.78. The molecule has 0 radical (unpaired) electrons. The molecule has 1 aliphatic heterocycles. The zero-order valence-electron chi connectivity index (χ0n) is 9.09. The zero-order chi connectivity index (χ0) is 10.8. The fraction of sp³-hybridized carbons (Fsp3) is 0.800. The summed E-state index contributed by atoms with van der Waals surface area (Å²) in [5.41, 5.74) is -0.552. The number of hydrogen-bond donors (Lipinski definition) is 1. The monoisotopic (exact) mass is 198 g/mol. The summed E-state index contributed by atoms with van der Waals surface area (Å²) in [7, 11) is 0. The minimum Gasteiger partial charge on any atom is -0.353 e. The second-order valence-electron chi connectivity index (χ2n) is 4.13. The van der Waals surface area contributed by atoms with E-state index in [1.165, 1.54) is 0 Å². The Morgan fingerprint density at radius 2 is 2.21 bits per heavy atom. The molecule has 0 aromatic rings. The molecule has 4 heteroatoms. The lowest BCUT2D eigenvalue weighted by molar-refractivity contribution is -0.136. The predicted molar refractivity (Wildman–Crippen MR) is 54.0 cm³/mol. The highest BCUT2D eigenvalue weighted by Crippen LogP contribution is 2.17. The van der Waals surface area contributed by atoms with Crippen molar-refractivity contribution < 1.29 is 9.59 Å². The Morgan fingerprint density at radius 1 is 1.57 bits per heavy atom. The van der Waals surface area contributed by atoms with Gasteiger partial charge in [0.1, 0.15) is 5.78 Å². The van der Waals surface area contributed by atoms with Gasteiger partial charge in [0.25, 0.3) is 0 Å². The number of rotatable bonds is 3. The summed E-state index contributed by atoms with van der Waals surface area (Å²) in [6, 6.07) is 0. The summed E-state index contributed by atoms with van der Waals surface area (Å²) in [6.45, 7) is 7.33. The van der Waals surface area contributed by atoms with Crippen molar-refractivity contribution in [3.05, 3.63) is 0 Å². The lowest BCUT2D eigenvalue weighted by atomic mass is 9.98. The zero-order valence-corrected chi connectivity index (χ0v) is 9.09. The van der Waals surface area contributed by atoms with Crippen molar-refractivity contribution >= 4 is 11.7 Å². The maximum Gasteiger partial charge on any atom is 0.240 e. The Labute approximate surface area is 84.7 Å². The predicted octanol–water partition coefficient (Wildman–Crippen LogP) is 0.176. The van der Waals surface area contributed by atoms with E-state index in [4.69, 9.17) is 0 Å². The molecule has 4 nitrogen and oxygen atoms in total. The van der Waals surface area contributed by atoms with Crippen LogP contribution in [0, 0.1) is 0 Å². The number of Topliss-reactive ketones (excluding diaryl/α,β-unsaturated/α-hetero) is 1. The molecule has 0 aromatic heterocycles. The number of nitrogens with zero attached hydrogens (tertiary/aromatic N) is 1. The summed E-state index contributed by atoms with van der Waals surface area (Å²) < 4.78 is 0. The van der Waals surface area contributed by atoms with E-state index in [2.05, 4.69) is 5.32 Å². The minimum atomic E-state index is -0.552. The van der Waals surface area contributed by atoms with Crippen LogP contribution in [-0.2, 0) is 9.59 Å². The molecule has 0 unspecified atom stereocenters. The first-order valence-electron chi connectivity index (χ1n) is 5.03. The first kappa shape index (κ1) is 11.2. The third kappa shape index (κ3) is 2.12. The van der Waals surface area contributed by atoms with Crippen LogP contribution in [0.15, 0.2) is 0 Å². The topological polar surface area (TPSA) is 49.4 Å². The van der Waals surface area contributed by atoms with Gasteiger partial charge in [-0.2, -0.15) is 0 Å². The Morgan fingerprint density at radius 3 is 2.79 bits per heavy atom. The summed E-state index contributed by atoms with van der Waals surface area (Å²) in [4.78, 5) is 24.8. The number of amides is 1. The summed E-state index contributed by atoms with van der Waals surface area (Å²) >= 11 is 0. The van der Waals surface area contributed by atoms with E-state index in [-0.39, 0.29) is 11.7 Å². The van der Waals surface area contributed by atoms with Crippen LogP contribution in [0.4, 0.5) is 0 Å². The molecule has 1 saturated heterocycles. The molecule has 1 heterocycles. The molecule has 0 atom stereocenters. The number of piperazine rings is 1. The van der Waals surface area contributed by atoms with E-state index >= 15 is 0 Å². The highest BCUT2D eigenvalue weighted by molar-refractivity contribution is 5.87. The van der Waals surface area contributed by atoms with Crippen LogP contribution in [0.1, 0.15) is 27.2 Å². The van der Waals surface area contributed by atoms with E-state index in [9.17, 15) is 9.59 Å². The largest absolute Gasteiger partial charge is 0.353 e. The van der Waals surface area contributed by atoms with Gasteiger partial charge in [0.2, 0.25) is 5.91 Å². The first-order chi connectivity index (χ1) is 6.48. The standard InChI is InChI=1S/C10H18N2O2/c1-4-8(13)7-12-6-5-11-9(14)10(12,2)3/h4-7H2,1-3H3,(H,11,14). The molecule has 1 aliphatic rings. The van der Waals surface area contributed by atoms with Crippen molar-refractivity contribution in [2.75, 3.05) is 19.6 Å². The molecule has 1 fully saturated rings. The number of hydrogen-bond acceptors (Lipinski definition) is 3. The van der Waals surface area contributed by atoms with Crippen LogP contribution in [-0.4, -0.2) is 41.8 Å². The van der Waals surface area contributed by atoms with Crippen LogP contribution in [0.5, 0.6) is 0 Å². The van der Waals surface area contributed by atoms with Crippen molar-refractivity contribution in [2.24, 2.45) is 0 Å². The van der Waals surface area contributed by atoms with E-state index in [1.54, 1.807) is 0 Å². The molecule has 0 bridgehead atoms. The van der Waals surface area contributed by atoms with E-state index < -0.39 is 5.54 Å². The normalized spacial score (nSPS) is 21.8. The van der Waals surface area contributed by atoms with Crippen LogP contribution in [0.2, 0.25) is 0 Å². The van der Waals surface area contributed by atoms with E-state index in [1.807, 2.05) is 25.7 Å². The smallest absolute Gasteiger partial charge is 0.240 e. The third-order valence-electron chi connectivity index (χ3n) is 2.78. The summed E-state index contributed by atoms with van der Waals surface area (Å²) in [5, 5.41) is 2.80. The van der Waals surface area contributed by atoms with Gasteiger partial charge in [-0.3, -0.25) is 14.5 Å². The van der Waals surface area contributed by atoms with Crippen LogP contribution in [0.25, 0.3) is 0 Å². The van der Waals surface area contributed by atoms with E-state index in [0.717, 1.165) is 6.54 Å². The number of nitrogens with one attached hydrogen (secondary N) is 1. The molecular weight excluding hydrogens is 180 g/mol. The molecule has 0 saturated carbocycles. The molecule has 1 rings (SSSR count). The maximum atomic E-state index is 11.5. The summed E-state index contributed by atoms with van der Waals surface area (Å²) in [5.74, 6) is 0.195. The lowest BCUT2D eigenvalue weighted by Gasteiger charge is -2.40.